The van der Waals surface area contributed by atoms with Gasteiger partial charge in [-0.2, -0.15) is 0 Å². The molecule has 5 amide bonds. The molecule has 0 radical (unpaired) electrons. The highest BCUT2D eigenvalue weighted by molar-refractivity contribution is 7.90. The maximum absolute atomic E-state index is 14.3. The maximum Gasteiger partial charge on any atom is 0.322 e. The predicted octanol–water partition coefficient (Wildman–Crippen LogP) is 3.96. The zero-order chi connectivity index (χ0) is 32.1. The third-order valence-electron chi connectivity index (χ3n) is 8.11. The number of nitrogens with one attached hydrogen (secondary N) is 1. The van der Waals surface area contributed by atoms with Crippen molar-refractivity contribution in [2.75, 3.05) is 44.8 Å². The largest absolute Gasteiger partial charge is 0.612 e. The van der Waals surface area contributed by atoms with E-state index in [1.54, 1.807) is 35.2 Å². The van der Waals surface area contributed by atoms with Gasteiger partial charge in [0.05, 0.1) is 10.6 Å². The molecule has 2 heterocycles. The molecule has 2 aromatic rings. The van der Waals surface area contributed by atoms with E-state index in [0.29, 0.717) is 55.9 Å². The number of halogens is 2. The fraction of sp³-hybridized carbons (Fsp3) is 0.419. The zero-order valence-corrected chi connectivity index (χ0v) is 26.8. The number of fused-ring (bicyclic) bond motifs is 1. The van der Waals surface area contributed by atoms with E-state index in [1.807, 2.05) is 19.9 Å². The first-order valence-corrected chi connectivity index (χ1v) is 16.3. The summed E-state index contributed by atoms with van der Waals surface area (Å²) < 4.78 is 26.2. The van der Waals surface area contributed by atoms with Crippen LogP contribution in [-0.4, -0.2) is 100.0 Å². The Kier molecular flexibility index (Phi) is 10.9. The number of carbonyl (C=O) groups excluding carboxylic acids is 4. The Bertz CT molecular complexity index is 1450. The first-order chi connectivity index (χ1) is 20.9. The molecular formula is C31H37ClFN5O5S. The molecule has 0 spiro atoms. The third-order valence-corrected chi connectivity index (χ3v) is 9.41. The normalized spacial score (nSPS) is 16.6. The summed E-state index contributed by atoms with van der Waals surface area (Å²) in [4.78, 5) is 58.3. The molecule has 13 heteroatoms. The molecule has 0 aromatic heterocycles. The Labute approximate surface area is 265 Å². The molecule has 1 N–H and O–H groups in total. The van der Waals surface area contributed by atoms with Crippen LogP contribution < -0.4 is 5.32 Å². The van der Waals surface area contributed by atoms with Crippen LogP contribution in [0.25, 0.3) is 5.57 Å². The third kappa shape index (κ3) is 7.54. The van der Waals surface area contributed by atoms with Gasteiger partial charge < -0.3 is 29.5 Å². The van der Waals surface area contributed by atoms with E-state index in [1.165, 1.54) is 29.3 Å². The van der Waals surface area contributed by atoms with Crippen LogP contribution in [0, 0.1) is 5.82 Å². The summed E-state index contributed by atoms with van der Waals surface area (Å²) in [6, 6.07) is 8.99. The molecule has 1 fully saturated rings. The van der Waals surface area contributed by atoms with Crippen molar-refractivity contribution >= 4 is 58.3 Å². The number of amides is 5. The number of likely N-dealkylation sites (N-methyl/N-ethyl adjacent to an activating group) is 1. The summed E-state index contributed by atoms with van der Waals surface area (Å²) in [7, 11) is 1.59. The van der Waals surface area contributed by atoms with Crippen LogP contribution in [0.1, 0.15) is 37.8 Å². The van der Waals surface area contributed by atoms with Crippen molar-refractivity contribution in [2.45, 2.75) is 50.1 Å². The van der Waals surface area contributed by atoms with E-state index >= 15 is 0 Å². The molecule has 44 heavy (non-hydrogen) atoms. The number of urea groups is 1. The number of piperidine rings is 1. The van der Waals surface area contributed by atoms with Gasteiger partial charge in [0.25, 0.3) is 5.91 Å². The number of likely N-dealkylation sites (tertiary alicyclic amines) is 1. The van der Waals surface area contributed by atoms with Gasteiger partial charge in [-0.15, -0.1) is 0 Å². The maximum atomic E-state index is 14.3. The van der Waals surface area contributed by atoms with Crippen molar-refractivity contribution < 1.29 is 28.1 Å². The highest BCUT2D eigenvalue weighted by atomic mass is 35.5. The number of carbonyl (C=O) groups is 4. The van der Waals surface area contributed by atoms with Gasteiger partial charge in [0.2, 0.25) is 12.3 Å². The molecule has 0 bridgehead atoms. The average molecular weight is 646 g/mol. The van der Waals surface area contributed by atoms with Crippen LogP contribution in [-0.2, 0) is 32.0 Å². The Morgan fingerprint density at radius 3 is 2.55 bits per heavy atom. The number of hydrogen-bond acceptors (Lipinski definition) is 5. The van der Waals surface area contributed by atoms with Gasteiger partial charge in [-0.3, -0.25) is 14.4 Å². The van der Waals surface area contributed by atoms with Crippen LogP contribution in [0.5, 0.6) is 0 Å². The fourth-order valence-corrected chi connectivity index (χ4v) is 6.09. The number of anilines is 1. The van der Waals surface area contributed by atoms with E-state index in [-0.39, 0.29) is 46.7 Å². The molecule has 0 saturated carbocycles. The number of rotatable bonds is 9. The molecule has 2 aliphatic rings. The monoisotopic (exact) mass is 645 g/mol. The van der Waals surface area contributed by atoms with Crippen molar-refractivity contribution in [3.05, 3.63) is 64.6 Å². The Balaban J connectivity index is 1.43. The molecular weight excluding hydrogens is 609 g/mol. The first-order valence-electron chi connectivity index (χ1n) is 14.4. The highest BCUT2D eigenvalue weighted by Gasteiger charge is 2.32. The van der Waals surface area contributed by atoms with E-state index < -0.39 is 22.9 Å². The minimum absolute atomic E-state index is 0.0187. The second-order valence-corrected chi connectivity index (χ2v) is 12.9. The lowest BCUT2D eigenvalue weighted by Gasteiger charge is -2.38. The lowest BCUT2D eigenvalue weighted by atomic mass is 10.0. The summed E-state index contributed by atoms with van der Waals surface area (Å²) in [6.07, 6.45) is 5.02. The molecule has 2 aliphatic heterocycles. The van der Waals surface area contributed by atoms with Gasteiger partial charge >= 0.3 is 6.03 Å². The minimum Gasteiger partial charge on any atom is -0.612 e. The van der Waals surface area contributed by atoms with Crippen LogP contribution in [0.3, 0.4) is 0 Å². The lowest BCUT2D eigenvalue weighted by Crippen LogP contribution is -2.51. The molecule has 0 aliphatic carbocycles. The SMILES string of the molecule is CC(C)N(C)C(=O)/C(=C\N(C=O)CC(=O)N1CCC(N2CCc3cc([S+](C)[O-])ccc3NC2=O)CC1)c1cccc(F)c1Cl. The van der Waals surface area contributed by atoms with Crippen LogP contribution in [0.15, 0.2) is 47.5 Å². The molecule has 10 nitrogen and oxygen atoms in total. The van der Waals surface area contributed by atoms with Gasteiger partial charge in [0.15, 0.2) is 4.90 Å². The summed E-state index contributed by atoms with van der Waals surface area (Å²) in [6.45, 7) is 4.55. The predicted molar refractivity (Wildman–Crippen MR) is 168 cm³/mol. The molecule has 236 valence electrons. The van der Waals surface area contributed by atoms with Crippen LogP contribution in [0.2, 0.25) is 5.02 Å². The summed E-state index contributed by atoms with van der Waals surface area (Å²) in [5, 5.41) is 2.70. The topological polar surface area (TPSA) is 116 Å². The minimum atomic E-state index is -1.12. The summed E-state index contributed by atoms with van der Waals surface area (Å²) >= 11 is 5.08. The van der Waals surface area contributed by atoms with Crippen molar-refractivity contribution in [3.63, 3.8) is 0 Å². The van der Waals surface area contributed by atoms with Gasteiger partial charge in [0, 0.05) is 56.2 Å². The quantitative estimate of drug-likeness (QED) is 0.252. The van der Waals surface area contributed by atoms with E-state index in [2.05, 4.69) is 5.32 Å². The molecule has 4 rings (SSSR count). The van der Waals surface area contributed by atoms with Crippen molar-refractivity contribution in [3.8, 4) is 0 Å². The molecule has 1 saturated heterocycles. The molecule has 2 aromatic carbocycles. The van der Waals surface area contributed by atoms with Crippen molar-refractivity contribution in [2.24, 2.45) is 0 Å². The number of nitrogens with zero attached hydrogens (tertiary/aromatic N) is 4. The Morgan fingerprint density at radius 2 is 1.91 bits per heavy atom. The smallest absolute Gasteiger partial charge is 0.322 e. The Morgan fingerprint density at radius 1 is 1.20 bits per heavy atom. The Hall–Kier alpha value is -3.61. The van der Waals surface area contributed by atoms with Gasteiger partial charge in [0.1, 0.15) is 18.6 Å². The van der Waals surface area contributed by atoms with Crippen LogP contribution in [0.4, 0.5) is 14.9 Å². The number of benzene rings is 2. The van der Waals surface area contributed by atoms with Gasteiger partial charge in [-0.1, -0.05) is 23.7 Å². The van der Waals surface area contributed by atoms with E-state index in [0.717, 1.165) is 10.5 Å². The van der Waals surface area contributed by atoms with E-state index in [9.17, 15) is 28.1 Å². The fourth-order valence-electron chi connectivity index (χ4n) is 5.29. The number of hydrogen-bond donors (Lipinski definition) is 1. The summed E-state index contributed by atoms with van der Waals surface area (Å²) in [5.41, 5.74) is 1.73. The second kappa shape index (κ2) is 14.4. The van der Waals surface area contributed by atoms with Crippen molar-refractivity contribution in [1.29, 1.82) is 0 Å². The van der Waals surface area contributed by atoms with E-state index in [4.69, 9.17) is 11.6 Å². The van der Waals surface area contributed by atoms with Gasteiger partial charge in [-0.25, -0.2) is 9.18 Å². The standard InChI is InChI=1S/C31H37ClFN5O5S/c1-20(2)35(3)30(41)25(24-6-5-7-26(33)29(24)32)17-36(19-39)18-28(40)37-13-11-22(12-14-37)38-15-10-21-16-23(44(4)43)8-9-27(21)34-31(38)42/h5-9,16-17,19-20,22H,10-15,18H2,1-4H3,(H,34,42)/b25-17-. The first kappa shape index (κ1) is 33.3. The molecule has 1 atom stereocenters. The average Bonchev–Trinajstić information content (AvgIpc) is 3.17. The lowest BCUT2D eigenvalue weighted by molar-refractivity contribution is -0.135. The summed E-state index contributed by atoms with van der Waals surface area (Å²) in [5.74, 6) is -1.52. The van der Waals surface area contributed by atoms with Gasteiger partial charge in [-0.05, 0) is 74.1 Å². The zero-order valence-electron chi connectivity index (χ0n) is 25.2. The van der Waals surface area contributed by atoms with Crippen molar-refractivity contribution in [1.82, 2.24) is 19.6 Å². The second-order valence-electron chi connectivity index (χ2n) is 11.2. The molecule has 1 unspecified atom stereocenters. The highest BCUT2D eigenvalue weighted by Crippen LogP contribution is 2.29. The van der Waals surface area contributed by atoms with Crippen LogP contribution >= 0.6 is 11.6 Å².